The molecule has 4 rings (SSSR count). The number of nitrogens with zero attached hydrogens (tertiary/aromatic N) is 3. The van der Waals surface area contributed by atoms with Crippen LogP contribution in [-0.2, 0) is 6.54 Å². The minimum Gasteiger partial charge on any atom is -0.309 e. The second-order valence-electron chi connectivity index (χ2n) is 6.54. The molecule has 1 saturated heterocycles. The Morgan fingerprint density at radius 2 is 1.96 bits per heavy atom. The lowest BCUT2D eigenvalue weighted by Crippen LogP contribution is -2.47. The fourth-order valence-corrected chi connectivity index (χ4v) is 4.15. The summed E-state index contributed by atoms with van der Waals surface area (Å²) >= 11 is 1.82. The van der Waals surface area contributed by atoms with Gasteiger partial charge in [-0.3, -0.25) is 14.6 Å². The van der Waals surface area contributed by atoms with Crippen LogP contribution in [0.2, 0.25) is 0 Å². The highest BCUT2D eigenvalue weighted by Crippen LogP contribution is 2.20. The maximum atomic E-state index is 12.3. The van der Waals surface area contributed by atoms with Crippen molar-refractivity contribution in [1.29, 1.82) is 0 Å². The van der Waals surface area contributed by atoms with Crippen LogP contribution >= 0.6 is 11.3 Å². The van der Waals surface area contributed by atoms with Gasteiger partial charge in [0.1, 0.15) is 5.82 Å². The molecule has 0 aliphatic carbocycles. The van der Waals surface area contributed by atoms with Crippen molar-refractivity contribution in [1.82, 2.24) is 19.8 Å². The average molecular weight is 354 g/mol. The second-order valence-corrected chi connectivity index (χ2v) is 7.57. The van der Waals surface area contributed by atoms with Gasteiger partial charge in [-0.25, -0.2) is 4.98 Å². The van der Waals surface area contributed by atoms with Crippen LogP contribution in [0, 0.1) is 0 Å². The van der Waals surface area contributed by atoms with Gasteiger partial charge in [0.15, 0.2) is 0 Å². The van der Waals surface area contributed by atoms with Crippen LogP contribution < -0.4 is 5.56 Å². The van der Waals surface area contributed by atoms with Gasteiger partial charge in [-0.1, -0.05) is 18.2 Å². The van der Waals surface area contributed by atoms with Crippen LogP contribution in [-0.4, -0.2) is 45.9 Å². The maximum Gasteiger partial charge on any atom is 0.258 e. The number of aromatic amines is 1. The number of fused-ring (bicyclic) bond motifs is 1. The van der Waals surface area contributed by atoms with Crippen molar-refractivity contribution in [2.45, 2.75) is 19.5 Å². The van der Waals surface area contributed by atoms with Crippen LogP contribution in [0.15, 0.2) is 46.6 Å². The fraction of sp³-hybridized carbons (Fsp3) is 0.368. The summed E-state index contributed by atoms with van der Waals surface area (Å²) in [4.78, 5) is 26.3. The highest BCUT2D eigenvalue weighted by Gasteiger charge is 2.24. The van der Waals surface area contributed by atoms with Crippen molar-refractivity contribution in [3.8, 4) is 0 Å². The molecular weight excluding hydrogens is 332 g/mol. The number of para-hydroxylation sites is 1. The summed E-state index contributed by atoms with van der Waals surface area (Å²) in [7, 11) is 0. The summed E-state index contributed by atoms with van der Waals surface area (Å²) in [5.41, 5.74) is 0.716. The van der Waals surface area contributed by atoms with Crippen LogP contribution in [0.1, 0.15) is 23.7 Å². The quantitative estimate of drug-likeness (QED) is 0.783. The standard InChI is InChI=1S/C19H22N4OS/c1-14(18-20-17-7-3-2-6-16(17)19(24)21-18)23-10-8-22(9-11-23)13-15-5-4-12-25-15/h2-7,12,14H,8-11,13H2,1H3,(H,20,21,24)/t14-/m0/s1. The molecule has 0 spiro atoms. The molecule has 0 radical (unpaired) electrons. The van der Waals surface area contributed by atoms with Gasteiger partial charge in [-0.05, 0) is 30.5 Å². The van der Waals surface area contributed by atoms with Crippen molar-refractivity contribution in [2.24, 2.45) is 0 Å². The Bertz CT molecular complexity index is 897. The van der Waals surface area contributed by atoms with Crippen molar-refractivity contribution in [2.75, 3.05) is 26.2 Å². The number of thiophene rings is 1. The summed E-state index contributed by atoms with van der Waals surface area (Å²) < 4.78 is 0. The molecule has 0 unspecified atom stereocenters. The normalized spacial score (nSPS) is 17.8. The summed E-state index contributed by atoms with van der Waals surface area (Å²) in [5.74, 6) is 0.760. The monoisotopic (exact) mass is 354 g/mol. The van der Waals surface area contributed by atoms with E-state index in [0.717, 1.165) is 44.1 Å². The van der Waals surface area contributed by atoms with Gasteiger partial charge in [0.25, 0.3) is 5.56 Å². The largest absolute Gasteiger partial charge is 0.309 e. The Labute approximate surface area is 150 Å². The van der Waals surface area contributed by atoms with E-state index in [2.05, 4.69) is 44.2 Å². The number of benzene rings is 1. The van der Waals surface area contributed by atoms with E-state index in [1.54, 1.807) is 0 Å². The predicted molar refractivity (Wildman–Crippen MR) is 102 cm³/mol. The third kappa shape index (κ3) is 3.51. The van der Waals surface area contributed by atoms with Crippen LogP contribution in [0.3, 0.4) is 0 Å². The number of hydrogen-bond donors (Lipinski definition) is 1. The average Bonchev–Trinajstić information content (AvgIpc) is 3.15. The Morgan fingerprint density at radius 1 is 1.16 bits per heavy atom. The topological polar surface area (TPSA) is 52.2 Å². The molecular formula is C19H22N4OS. The molecule has 1 atom stereocenters. The molecule has 130 valence electrons. The number of nitrogens with one attached hydrogen (secondary N) is 1. The van der Waals surface area contributed by atoms with Crippen LogP contribution in [0.25, 0.3) is 10.9 Å². The summed E-state index contributed by atoms with van der Waals surface area (Å²) in [6.45, 7) is 7.22. The Balaban J connectivity index is 1.45. The minimum absolute atomic E-state index is 0.0521. The van der Waals surface area contributed by atoms with E-state index in [1.807, 2.05) is 35.6 Å². The molecule has 1 N–H and O–H groups in total. The van der Waals surface area contributed by atoms with Gasteiger partial charge in [-0.15, -0.1) is 11.3 Å². The van der Waals surface area contributed by atoms with Gasteiger partial charge >= 0.3 is 0 Å². The molecule has 0 amide bonds. The lowest BCUT2D eigenvalue weighted by atomic mass is 10.2. The molecule has 3 aromatic rings. The molecule has 3 heterocycles. The summed E-state index contributed by atoms with van der Waals surface area (Å²) in [6.07, 6.45) is 0. The maximum absolute atomic E-state index is 12.3. The van der Waals surface area contributed by atoms with Crippen molar-refractivity contribution < 1.29 is 0 Å². The van der Waals surface area contributed by atoms with Crippen LogP contribution in [0.4, 0.5) is 0 Å². The lowest BCUT2D eigenvalue weighted by Gasteiger charge is -2.37. The summed E-state index contributed by atoms with van der Waals surface area (Å²) in [5, 5.41) is 2.79. The first-order valence-corrected chi connectivity index (χ1v) is 9.56. The molecule has 0 bridgehead atoms. The van der Waals surface area contributed by atoms with E-state index in [-0.39, 0.29) is 11.6 Å². The Morgan fingerprint density at radius 3 is 2.72 bits per heavy atom. The molecule has 1 aliphatic heterocycles. The third-order valence-electron chi connectivity index (χ3n) is 4.94. The van der Waals surface area contributed by atoms with Gasteiger partial charge in [-0.2, -0.15) is 0 Å². The number of rotatable bonds is 4. The van der Waals surface area contributed by atoms with E-state index < -0.39 is 0 Å². The Kier molecular flexibility index (Phi) is 4.65. The van der Waals surface area contributed by atoms with Crippen LogP contribution in [0.5, 0.6) is 0 Å². The molecule has 1 fully saturated rings. The van der Waals surface area contributed by atoms with Crippen molar-refractivity contribution in [3.05, 3.63) is 62.8 Å². The number of aromatic nitrogens is 2. The molecule has 0 saturated carbocycles. The smallest absolute Gasteiger partial charge is 0.258 e. The number of H-pyrrole nitrogens is 1. The van der Waals surface area contributed by atoms with Gasteiger partial charge < -0.3 is 4.98 Å². The zero-order valence-corrected chi connectivity index (χ0v) is 15.1. The number of hydrogen-bond acceptors (Lipinski definition) is 5. The minimum atomic E-state index is -0.0521. The van der Waals surface area contributed by atoms with Crippen molar-refractivity contribution >= 4 is 22.2 Å². The van der Waals surface area contributed by atoms with E-state index in [4.69, 9.17) is 0 Å². The predicted octanol–water partition coefficient (Wildman–Crippen LogP) is 2.86. The van der Waals surface area contributed by atoms with Crippen molar-refractivity contribution in [3.63, 3.8) is 0 Å². The lowest BCUT2D eigenvalue weighted by molar-refractivity contribution is 0.0954. The highest BCUT2D eigenvalue weighted by molar-refractivity contribution is 7.09. The van der Waals surface area contributed by atoms with E-state index >= 15 is 0 Å². The molecule has 2 aromatic heterocycles. The molecule has 1 aromatic carbocycles. The zero-order chi connectivity index (χ0) is 17.2. The summed E-state index contributed by atoms with van der Waals surface area (Å²) in [6, 6.07) is 11.9. The first-order valence-electron chi connectivity index (χ1n) is 8.68. The molecule has 6 heteroatoms. The SMILES string of the molecule is C[C@@H](c1nc2ccccc2c(=O)[nH]1)N1CCN(Cc2cccs2)CC1. The molecule has 1 aliphatic rings. The van der Waals surface area contributed by atoms with E-state index in [1.165, 1.54) is 4.88 Å². The fourth-order valence-electron chi connectivity index (χ4n) is 3.41. The molecule has 5 nitrogen and oxygen atoms in total. The van der Waals surface area contributed by atoms with Gasteiger partial charge in [0.05, 0.1) is 16.9 Å². The first kappa shape index (κ1) is 16.4. The second kappa shape index (κ2) is 7.07. The van der Waals surface area contributed by atoms with E-state index in [0.29, 0.717) is 5.39 Å². The third-order valence-corrected chi connectivity index (χ3v) is 5.80. The van der Waals surface area contributed by atoms with Gasteiger partial charge in [0.2, 0.25) is 0 Å². The zero-order valence-electron chi connectivity index (χ0n) is 14.3. The highest BCUT2D eigenvalue weighted by atomic mass is 32.1. The van der Waals surface area contributed by atoms with Gasteiger partial charge in [0, 0.05) is 37.6 Å². The van der Waals surface area contributed by atoms with E-state index in [9.17, 15) is 4.79 Å². The molecule has 25 heavy (non-hydrogen) atoms. The number of piperazine rings is 1. The first-order chi connectivity index (χ1) is 12.2. The Hall–Kier alpha value is -2.02.